The Hall–Kier alpha value is -0.940. The summed E-state index contributed by atoms with van der Waals surface area (Å²) in [5.41, 5.74) is 0.430. The van der Waals surface area contributed by atoms with Crippen LogP contribution in [0.1, 0.15) is 5.56 Å². The molecule has 100 valence electrons. The van der Waals surface area contributed by atoms with E-state index >= 15 is 0 Å². The van der Waals surface area contributed by atoms with Crippen molar-refractivity contribution >= 4 is 21.8 Å². The van der Waals surface area contributed by atoms with Crippen molar-refractivity contribution in [3.05, 3.63) is 35.6 Å². The number of ether oxygens (including phenoxy) is 1. The molecular weight excluding hydrogens is 301 g/mol. The van der Waals surface area contributed by atoms with Gasteiger partial charge in [0.05, 0.1) is 13.0 Å². The van der Waals surface area contributed by atoms with Gasteiger partial charge in [0.1, 0.15) is 5.82 Å². The fraction of sp³-hybridized carbons (Fsp3) is 0.462. The molecule has 0 aliphatic rings. The van der Waals surface area contributed by atoms with Crippen LogP contribution in [0, 0.1) is 5.82 Å². The van der Waals surface area contributed by atoms with Crippen molar-refractivity contribution in [3.63, 3.8) is 0 Å². The smallest absolute Gasteiger partial charge is 0.227 e. The Bertz CT molecular complexity index is 387. The summed E-state index contributed by atoms with van der Waals surface area (Å²) < 4.78 is 18.4. The molecule has 0 radical (unpaired) electrons. The van der Waals surface area contributed by atoms with Gasteiger partial charge in [-0.05, 0) is 11.6 Å². The molecule has 3 nitrogen and oxygen atoms in total. The number of carbonyl (C=O) groups is 1. The summed E-state index contributed by atoms with van der Waals surface area (Å²) in [4.78, 5) is 13.7. The van der Waals surface area contributed by atoms with Gasteiger partial charge < -0.3 is 9.64 Å². The lowest BCUT2D eigenvalue weighted by Gasteiger charge is -2.21. The van der Waals surface area contributed by atoms with Crippen LogP contribution in [0.2, 0.25) is 0 Å². The molecule has 0 saturated heterocycles. The third-order valence-electron chi connectivity index (χ3n) is 2.57. The fourth-order valence-electron chi connectivity index (χ4n) is 1.58. The minimum atomic E-state index is -0.337. The molecule has 0 aliphatic heterocycles. The molecule has 0 atom stereocenters. The van der Waals surface area contributed by atoms with Gasteiger partial charge in [-0.25, -0.2) is 4.39 Å². The quantitative estimate of drug-likeness (QED) is 0.722. The molecule has 1 amide bonds. The third-order valence-corrected chi connectivity index (χ3v) is 2.93. The Morgan fingerprint density at radius 1 is 1.39 bits per heavy atom. The molecule has 0 aromatic heterocycles. The lowest BCUT2D eigenvalue weighted by Crippen LogP contribution is -2.36. The summed E-state index contributed by atoms with van der Waals surface area (Å²) in [6.45, 7) is 1.60. The van der Waals surface area contributed by atoms with Gasteiger partial charge >= 0.3 is 0 Å². The average molecular weight is 318 g/mol. The van der Waals surface area contributed by atoms with E-state index in [2.05, 4.69) is 15.9 Å². The first-order valence-corrected chi connectivity index (χ1v) is 6.87. The second-order valence-electron chi connectivity index (χ2n) is 3.83. The molecule has 0 aliphatic carbocycles. The molecule has 5 heteroatoms. The number of nitrogens with zero attached hydrogens (tertiary/aromatic N) is 1. The van der Waals surface area contributed by atoms with E-state index in [4.69, 9.17) is 4.74 Å². The van der Waals surface area contributed by atoms with Gasteiger partial charge in [0, 0.05) is 25.5 Å². The summed E-state index contributed by atoms with van der Waals surface area (Å²) in [5.74, 6) is -0.423. The zero-order chi connectivity index (χ0) is 13.4. The number of halogens is 2. The van der Waals surface area contributed by atoms with Crippen molar-refractivity contribution in [2.75, 3.05) is 32.1 Å². The Morgan fingerprint density at radius 3 is 2.72 bits per heavy atom. The monoisotopic (exact) mass is 317 g/mol. The van der Waals surface area contributed by atoms with E-state index in [9.17, 15) is 9.18 Å². The number of carbonyl (C=O) groups excluding carboxylic acids is 1. The van der Waals surface area contributed by atoms with Crippen molar-refractivity contribution in [3.8, 4) is 0 Å². The van der Waals surface area contributed by atoms with E-state index in [-0.39, 0.29) is 18.1 Å². The molecule has 0 heterocycles. The lowest BCUT2D eigenvalue weighted by molar-refractivity contribution is -0.130. The predicted molar refractivity (Wildman–Crippen MR) is 72.4 cm³/mol. The van der Waals surface area contributed by atoms with Gasteiger partial charge in [-0.2, -0.15) is 0 Å². The molecule has 1 rings (SSSR count). The van der Waals surface area contributed by atoms with Crippen LogP contribution in [0.15, 0.2) is 24.3 Å². The lowest BCUT2D eigenvalue weighted by atomic mass is 10.1. The van der Waals surface area contributed by atoms with E-state index in [1.807, 2.05) is 0 Å². The number of alkyl halides is 1. The van der Waals surface area contributed by atoms with E-state index < -0.39 is 0 Å². The molecule has 0 bridgehead atoms. The second kappa shape index (κ2) is 8.21. The number of hydrogen-bond acceptors (Lipinski definition) is 2. The fourth-order valence-corrected chi connectivity index (χ4v) is 2.01. The van der Waals surface area contributed by atoms with Crippen molar-refractivity contribution in [2.45, 2.75) is 6.42 Å². The van der Waals surface area contributed by atoms with E-state index in [0.717, 1.165) is 0 Å². The van der Waals surface area contributed by atoms with Crippen LogP contribution < -0.4 is 0 Å². The summed E-state index contributed by atoms with van der Waals surface area (Å²) in [7, 11) is 1.59. The second-order valence-corrected chi connectivity index (χ2v) is 4.62. The van der Waals surface area contributed by atoms with Gasteiger partial charge in [0.2, 0.25) is 5.91 Å². The van der Waals surface area contributed by atoms with Crippen LogP contribution in [0.4, 0.5) is 4.39 Å². The first-order chi connectivity index (χ1) is 8.69. The van der Waals surface area contributed by atoms with Crippen LogP contribution in [0.25, 0.3) is 0 Å². The zero-order valence-corrected chi connectivity index (χ0v) is 12.0. The highest BCUT2D eigenvalue weighted by Gasteiger charge is 2.14. The molecular formula is C13H17BrFNO2. The molecule has 1 aromatic rings. The number of benzene rings is 1. The highest BCUT2D eigenvalue weighted by Crippen LogP contribution is 2.09. The van der Waals surface area contributed by atoms with Crippen molar-refractivity contribution in [1.82, 2.24) is 4.90 Å². The van der Waals surface area contributed by atoms with Crippen LogP contribution in [-0.4, -0.2) is 42.9 Å². The highest BCUT2D eigenvalue weighted by molar-refractivity contribution is 9.09. The maximum Gasteiger partial charge on any atom is 0.227 e. The zero-order valence-electron chi connectivity index (χ0n) is 10.4. The van der Waals surface area contributed by atoms with Gasteiger partial charge in [-0.1, -0.05) is 34.1 Å². The minimum Gasteiger partial charge on any atom is -0.383 e. The topological polar surface area (TPSA) is 29.5 Å². The van der Waals surface area contributed by atoms with Gasteiger partial charge in [0.25, 0.3) is 0 Å². The van der Waals surface area contributed by atoms with Crippen molar-refractivity contribution in [2.24, 2.45) is 0 Å². The van der Waals surface area contributed by atoms with Gasteiger partial charge in [-0.15, -0.1) is 0 Å². The number of methoxy groups -OCH3 is 1. The molecule has 1 aromatic carbocycles. The SMILES string of the molecule is COCCN(CCBr)C(=O)Cc1ccccc1F. The molecule has 18 heavy (non-hydrogen) atoms. The highest BCUT2D eigenvalue weighted by atomic mass is 79.9. The van der Waals surface area contributed by atoms with Crippen LogP contribution >= 0.6 is 15.9 Å². The van der Waals surface area contributed by atoms with Gasteiger partial charge in [0.15, 0.2) is 0 Å². The Labute approximate surface area is 115 Å². The summed E-state index contributed by atoms with van der Waals surface area (Å²) in [6.07, 6.45) is 0.0867. The first kappa shape index (κ1) is 15.1. The van der Waals surface area contributed by atoms with Crippen molar-refractivity contribution < 1.29 is 13.9 Å². The number of amides is 1. The third kappa shape index (κ3) is 4.74. The molecule has 0 saturated carbocycles. The van der Waals surface area contributed by atoms with E-state index in [1.165, 1.54) is 6.07 Å². The largest absolute Gasteiger partial charge is 0.383 e. The van der Waals surface area contributed by atoms with Crippen molar-refractivity contribution in [1.29, 1.82) is 0 Å². The number of hydrogen-bond donors (Lipinski definition) is 0. The average Bonchev–Trinajstić information content (AvgIpc) is 2.37. The standard InChI is InChI=1S/C13H17BrFNO2/c1-18-9-8-16(7-6-14)13(17)10-11-4-2-3-5-12(11)15/h2-5H,6-10H2,1H3. The summed E-state index contributed by atoms with van der Waals surface area (Å²) >= 11 is 3.30. The molecule has 0 fully saturated rings. The maximum absolute atomic E-state index is 13.4. The Kier molecular flexibility index (Phi) is 6.90. The molecule has 0 spiro atoms. The van der Waals surface area contributed by atoms with Crippen LogP contribution in [0.5, 0.6) is 0 Å². The Balaban J connectivity index is 2.63. The summed E-state index contributed by atoms with van der Waals surface area (Å²) in [5, 5.41) is 0.694. The molecule has 0 unspecified atom stereocenters. The minimum absolute atomic E-state index is 0.0865. The predicted octanol–water partition coefficient (Wildman–Crippen LogP) is 2.24. The van der Waals surface area contributed by atoms with E-state index in [0.29, 0.717) is 30.6 Å². The molecule has 0 N–H and O–H groups in total. The first-order valence-electron chi connectivity index (χ1n) is 5.75. The maximum atomic E-state index is 13.4. The van der Waals surface area contributed by atoms with Crippen LogP contribution in [0.3, 0.4) is 0 Å². The number of rotatable bonds is 7. The normalized spacial score (nSPS) is 10.4. The van der Waals surface area contributed by atoms with Gasteiger partial charge in [-0.3, -0.25) is 4.79 Å². The van der Waals surface area contributed by atoms with Crippen LogP contribution in [-0.2, 0) is 16.0 Å². The Morgan fingerprint density at radius 2 is 2.11 bits per heavy atom. The summed E-state index contributed by atoms with van der Waals surface area (Å²) in [6, 6.07) is 6.35. The van der Waals surface area contributed by atoms with E-state index in [1.54, 1.807) is 30.2 Å².